The van der Waals surface area contributed by atoms with Crippen LogP contribution in [0.15, 0.2) is 18.3 Å². The first-order chi connectivity index (χ1) is 14.5. The number of primary amides is 1. The molecule has 0 spiro atoms. The summed E-state index contributed by atoms with van der Waals surface area (Å²) in [5.74, 6) is 0.816. The molecule has 3 N–H and O–H groups in total. The molecule has 7 nitrogen and oxygen atoms in total. The molecule has 30 heavy (non-hydrogen) atoms. The molecular formula is C22H32ClN5O2. The van der Waals surface area contributed by atoms with E-state index in [1.807, 2.05) is 12.1 Å². The van der Waals surface area contributed by atoms with Crippen molar-refractivity contribution in [2.75, 3.05) is 44.2 Å². The zero-order chi connectivity index (χ0) is 21.1. The van der Waals surface area contributed by atoms with Gasteiger partial charge >= 0.3 is 0 Å². The summed E-state index contributed by atoms with van der Waals surface area (Å²) in [5.41, 5.74) is 5.59. The van der Waals surface area contributed by atoms with E-state index in [1.165, 1.54) is 0 Å². The molecule has 1 aromatic rings. The van der Waals surface area contributed by atoms with Crippen molar-refractivity contribution in [2.24, 2.45) is 29.4 Å². The summed E-state index contributed by atoms with van der Waals surface area (Å²) >= 11 is 6.25. The average molecular weight is 434 g/mol. The molecule has 2 aliphatic carbocycles. The second kappa shape index (κ2) is 9.52. The topological polar surface area (TPSA) is 91.6 Å². The molecule has 2 bridgehead atoms. The number of carbonyl (C=O) groups is 2. The minimum absolute atomic E-state index is 0.0341. The molecule has 4 rings (SSSR count). The Balaban J connectivity index is 1.13. The maximum atomic E-state index is 12.7. The summed E-state index contributed by atoms with van der Waals surface area (Å²) in [7, 11) is 0. The van der Waals surface area contributed by atoms with Gasteiger partial charge in [0.15, 0.2) is 0 Å². The van der Waals surface area contributed by atoms with Crippen LogP contribution in [0, 0.1) is 23.7 Å². The highest BCUT2D eigenvalue weighted by atomic mass is 35.5. The van der Waals surface area contributed by atoms with Gasteiger partial charge in [0.05, 0.1) is 16.9 Å². The normalized spacial score (nSPS) is 28.6. The summed E-state index contributed by atoms with van der Waals surface area (Å²) in [6.45, 7) is 5.52. The Bertz CT molecular complexity index is 768. The summed E-state index contributed by atoms with van der Waals surface area (Å²) < 4.78 is 0. The zero-order valence-electron chi connectivity index (χ0n) is 17.4. The Kier molecular flexibility index (Phi) is 6.78. The molecule has 1 aliphatic heterocycles. The minimum atomic E-state index is -0.298. The Morgan fingerprint density at radius 3 is 2.57 bits per heavy atom. The number of nitrogens with zero attached hydrogens (tertiary/aromatic N) is 3. The number of halogens is 1. The van der Waals surface area contributed by atoms with Gasteiger partial charge in [-0.3, -0.25) is 14.5 Å². The van der Waals surface area contributed by atoms with Crippen LogP contribution in [0.1, 0.15) is 32.1 Å². The Morgan fingerprint density at radius 1 is 1.13 bits per heavy atom. The summed E-state index contributed by atoms with van der Waals surface area (Å²) in [6.07, 6.45) is 6.86. The molecule has 3 aliphatic rings. The van der Waals surface area contributed by atoms with Crippen molar-refractivity contribution in [1.29, 1.82) is 0 Å². The van der Waals surface area contributed by atoms with Crippen LogP contribution in [0.25, 0.3) is 0 Å². The van der Waals surface area contributed by atoms with Crippen LogP contribution in [-0.2, 0) is 9.59 Å². The number of nitrogens with two attached hydrogens (primary N) is 1. The third-order valence-electron chi connectivity index (χ3n) is 7.16. The number of pyridine rings is 1. The lowest BCUT2D eigenvalue weighted by Gasteiger charge is -2.35. The van der Waals surface area contributed by atoms with Crippen LogP contribution in [0.2, 0.25) is 5.02 Å². The Hall–Kier alpha value is -1.86. The van der Waals surface area contributed by atoms with E-state index in [2.05, 4.69) is 20.1 Å². The standard InChI is InChI=1S/C22H32ClN5O2/c23-17-4-3-8-25-21(17)28-12-10-27(11-13-28)9-2-1-7-26-22(30)19-16-6-5-15(14-16)18(19)20(24)29/h3-4,8,15-16,18-19H,1-2,5-7,9-14H2,(H2,24,29)(H,26,30)/t15-,16+,18+,19-/m1/s1. The lowest BCUT2D eigenvalue weighted by atomic mass is 9.78. The lowest BCUT2D eigenvalue weighted by Crippen LogP contribution is -2.47. The van der Waals surface area contributed by atoms with Gasteiger partial charge in [0, 0.05) is 38.9 Å². The van der Waals surface area contributed by atoms with Crippen molar-refractivity contribution in [1.82, 2.24) is 15.2 Å². The van der Waals surface area contributed by atoms with E-state index in [0.717, 1.165) is 70.6 Å². The van der Waals surface area contributed by atoms with E-state index in [0.29, 0.717) is 23.4 Å². The number of hydrogen-bond acceptors (Lipinski definition) is 5. The zero-order valence-corrected chi connectivity index (χ0v) is 18.2. The van der Waals surface area contributed by atoms with Crippen LogP contribution in [-0.4, -0.2) is 61.0 Å². The number of carbonyl (C=O) groups excluding carboxylic acids is 2. The van der Waals surface area contributed by atoms with Crippen molar-refractivity contribution in [3.63, 3.8) is 0 Å². The quantitative estimate of drug-likeness (QED) is 0.611. The Morgan fingerprint density at radius 2 is 1.87 bits per heavy atom. The first-order valence-electron chi connectivity index (χ1n) is 11.2. The van der Waals surface area contributed by atoms with Gasteiger partial charge in [0.1, 0.15) is 5.82 Å². The Labute approximate surface area is 183 Å². The number of unbranched alkanes of at least 4 members (excludes halogenated alkanes) is 1. The number of piperazine rings is 1. The fraction of sp³-hybridized carbons (Fsp3) is 0.682. The number of anilines is 1. The molecule has 0 aromatic carbocycles. The molecule has 3 fully saturated rings. The van der Waals surface area contributed by atoms with E-state index < -0.39 is 0 Å². The molecular weight excluding hydrogens is 402 g/mol. The molecule has 1 aromatic heterocycles. The number of aromatic nitrogens is 1. The van der Waals surface area contributed by atoms with Crippen LogP contribution < -0.4 is 16.0 Å². The largest absolute Gasteiger partial charge is 0.369 e. The second-order valence-electron chi connectivity index (χ2n) is 8.92. The van der Waals surface area contributed by atoms with Gasteiger partial charge in [-0.25, -0.2) is 4.98 Å². The fourth-order valence-electron chi connectivity index (χ4n) is 5.66. The van der Waals surface area contributed by atoms with E-state index in [-0.39, 0.29) is 23.7 Å². The highest BCUT2D eigenvalue weighted by Gasteiger charge is 2.53. The average Bonchev–Trinajstić information content (AvgIpc) is 3.36. The molecule has 4 atom stereocenters. The molecule has 0 radical (unpaired) electrons. The van der Waals surface area contributed by atoms with Gasteiger partial charge < -0.3 is 16.0 Å². The van der Waals surface area contributed by atoms with Gasteiger partial charge in [-0.1, -0.05) is 11.6 Å². The maximum absolute atomic E-state index is 12.7. The SMILES string of the molecule is NC(=O)[C@H]1[C@@H]2CC[C@@H](C2)[C@H]1C(=O)NCCCCN1CCN(c2ncccc2Cl)CC1. The van der Waals surface area contributed by atoms with Gasteiger partial charge in [-0.05, 0) is 62.6 Å². The fourth-order valence-corrected chi connectivity index (χ4v) is 5.90. The highest BCUT2D eigenvalue weighted by molar-refractivity contribution is 6.32. The molecule has 1 saturated heterocycles. The van der Waals surface area contributed by atoms with Crippen molar-refractivity contribution in [3.8, 4) is 0 Å². The molecule has 8 heteroatoms. The van der Waals surface area contributed by atoms with E-state index in [4.69, 9.17) is 17.3 Å². The minimum Gasteiger partial charge on any atom is -0.369 e. The molecule has 2 heterocycles. The van der Waals surface area contributed by atoms with Crippen LogP contribution >= 0.6 is 11.6 Å². The van der Waals surface area contributed by atoms with E-state index >= 15 is 0 Å². The third kappa shape index (κ3) is 4.57. The van der Waals surface area contributed by atoms with E-state index in [9.17, 15) is 9.59 Å². The molecule has 2 saturated carbocycles. The molecule has 0 unspecified atom stereocenters. The monoisotopic (exact) mass is 433 g/mol. The van der Waals surface area contributed by atoms with Gasteiger partial charge in [-0.15, -0.1) is 0 Å². The summed E-state index contributed by atoms with van der Waals surface area (Å²) in [5, 5.41) is 3.77. The predicted molar refractivity (Wildman–Crippen MR) is 117 cm³/mol. The summed E-state index contributed by atoms with van der Waals surface area (Å²) in [4.78, 5) is 33.6. The smallest absolute Gasteiger partial charge is 0.224 e. The maximum Gasteiger partial charge on any atom is 0.224 e. The van der Waals surface area contributed by atoms with Crippen molar-refractivity contribution < 1.29 is 9.59 Å². The number of nitrogens with one attached hydrogen (secondary N) is 1. The van der Waals surface area contributed by atoms with Crippen LogP contribution in [0.3, 0.4) is 0 Å². The number of fused-ring (bicyclic) bond motifs is 2. The van der Waals surface area contributed by atoms with Gasteiger partial charge in [0.25, 0.3) is 0 Å². The van der Waals surface area contributed by atoms with Crippen molar-refractivity contribution in [3.05, 3.63) is 23.4 Å². The van der Waals surface area contributed by atoms with Crippen molar-refractivity contribution >= 4 is 29.2 Å². The molecule has 164 valence electrons. The highest BCUT2D eigenvalue weighted by Crippen LogP contribution is 2.52. The number of rotatable bonds is 8. The number of hydrogen-bond donors (Lipinski definition) is 2. The molecule has 2 amide bonds. The number of amides is 2. The van der Waals surface area contributed by atoms with Gasteiger partial charge in [0.2, 0.25) is 11.8 Å². The first-order valence-corrected chi connectivity index (χ1v) is 11.6. The predicted octanol–water partition coefficient (Wildman–Crippen LogP) is 1.90. The summed E-state index contributed by atoms with van der Waals surface area (Å²) in [6, 6.07) is 3.74. The third-order valence-corrected chi connectivity index (χ3v) is 7.45. The van der Waals surface area contributed by atoms with E-state index in [1.54, 1.807) is 6.20 Å². The van der Waals surface area contributed by atoms with Crippen LogP contribution in [0.5, 0.6) is 0 Å². The first kappa shape index (κ1) is 21.4. The van der Waals surface area contributed by atoms with Crippen molar-refractivity contribution in [2.45, 2.75) is 32.1 Å². The second-order valence-corrected chi connectivity index (χ2v) is 9.33. The van der Waals surface area contributed by atoms with Crippen LogP contribution in [0.4, 0.5) is 5.82 Å². The lowest BCUT2D eigenvalue weighted by molar-refractivity contribution is -0.135. The van der Waals surface area contributed by atoms with Gasteiger partial charge in [-0.2, -0.15) is 0 Å².